The van der Waals surface area contributed by atoms with Crippen LogP contribution in [0.2, 0.25) is 0 Å². The molecule has 104 valence electrons. The fourth-order valence-corrected chi connectivity index (χ4v) is 1.53. The van der Waals surface area contributed by atoms with E-state index in [9.17, 15) is 14.0 Å². The Morgan fingerprint density at radius 2 is 2.16 bits per heavy atom. The van der Waals surface area contributed by atoms with Crippen LogP contribution < -0.4 is 5.32 Å². The molecular formula is C13H16FNO4. The summed E-state index contributed by atoms with van der Waals surface area (Å²) in [7, 11) is 1.19. The van der Waals surface area contributed by atoms with E-state index in [4.69, 9.17) is 5.11 Å². The van der Waals surface area contributed by atoms with Crippen molar-refractivity contribution in [2.75, 3.05) is 7.11 Å². The molecule has 0 saturated heterocycles. The number of esters is 1. The van der Waals surface area contributed by atoms with Gasteiger partial charge >= 0.3 is 5.97 Å². The quantitative estimate of drug-likeness (QED) is 0.759. The third-order valence-electron chi connectivity index (χ3n) is 2.51. The van der Waals surface area contributed by atoms with E-state index in [1.807, 2.05) is 0 Å². The van der Waals surface area contributed by atoms with Crippen LogP contribution in [-0.4, -0.2) is 36.2 Å². The summed E-state index contributed by atoms with van der Waals surface area (Å²) in [6, 6.07) is 4.73. The summed E-state index contributed by atoms with van der Waals surface area (Å²) in [6.07, 6.45) is -1.15. The summed E-state index contributed by atoms with van der Waals surface area (Å²) < 4.78 is 17.6. The largest absolute Gasteiger partial charge is 0.467 e. The van der Waals surface area contributed by atoms with Crippen molar-refractivity contribution in [2.24, 2.45) is 0 Å². The van der Waals surface area contributed by atoms with Gasteiger partial charge in [0.2, 0.25) is 5.91 Å². The number of amides is 1. The van der Waals surface area contributed by atoms with Gasteiger partial charge in [-0.05, 0) is 24.6 Å². The van der Waals surface area contributed by atoms with Crippen molar-refractivity contribution >= 4 is 11.9 Å². The lowest BCUT2D eigenvalue weighted by Crippen LogP contribution is -2.46. The number of aliphatic hydroxyl groups excluding tert-OH is 1. The maximum absolute atomic E-state index is 13.0. The summed E-state index contributed by atoms with van der Waals surface area (Å²) in [6.45, 7) is 1.28. The molecule has 0 aliphatic heterocycles. The van der Waals surface area contributed by atoms with Crippen LogP contribution in [0.3, 0.4) is 0 Å². The number of ether oxygens (including phenoxy) is 1. The molecule has 2 N–H and O–H groups in total. The van der Waals surface area contributed by atoms with E-state index < -0.39 is 29.8 Å². The normalized spacial score (nSPS) is 13.5. The van der Waals surface area contributed by atoms with Gasteiger partial charge in [-0.1, -0.05) is 12.1 Å². The molecule has 1 aromatic rings. The Morgan fingerprint density at radius 1 is 1.47 bits per heavy atom. The minimum absolute atomic E-state index is 0.0862. The zero-order valence-corrected chi connectivity index (χ0v) is 10.7. The van der Waals surface area contributed by atoms with Crippen molar-refractivity contribution in [3.8, 4) is 0 Å². The van der Waals surface area contributed by atoms with Crippen LogP contribution in [0.15, 0.2) is 24.3 Å². The van der Waals surface area contributed by atoms with Crippen LogP contribution in [0.25, 0.3) is 0 Å². The number of aliphatic hydroxyl groups is 1. The number of rotatable bonds is 5. The standard InChI is InChI=1S/C13H16FNO4/c1-8(16)12(17)15-11(13(18)19-2)7-9-4-3-5-10(14)6-9/h3-6,8,11,16H,7H2,1-2H3,(H,15,17)/t8-,11-/m0/s1. The molecule has 19 heavy (non-hydrogen) atoms. The minimum Gasteiger partial charge on any atom is -0.467 e. The van der Waals surface area contributed by atoms with E-state index in [2.05, 4.69) is 10.1 Å². The van der Waals surface area contributed by atoms with Gasteiger partial charge in [0.1, 0.15) is 18.0 Å². The Labute approximate surface area is 110 Å². The molecule has 6 heteroatoms. The Bertz CT molecular complexity index is 462. The third kappa shape index (κ3) is 4.67. The van der Waals surface area contributed by atoms with Gasteiger partial charge < -0.3 is 15.2 Å². The highest BCUT2D eigenvalue weighted by molar-refractivity contribution is 5.86. The van der Waals surface area contributed by atoms with Gasteiger partial charge in [-0.2, -0.15) is 0 Å². The maximum Gasteiger partial charge on any atom is 0.328 e. The number of nitrogens with one attached hydrogen (secondary N) is 1. The van der Waals surface area contributed by atoms with Crippen molar-refractivity contribution in [3.05, 3.63) is 35.6 Å². The summed E-state index contributed by atoms with van der Waals surface area (Å²) in [4.78, 5) is 22.9. The van der Waals surface area contributed by atoms with Gasteiger partial charge in [0.05, 0.1) is 7.11 Å². The number of benzene rings is 1. The van der Waals surface area contributed by atoms with Gasteiger partial charge in [-0.25, -0.2) is 9.18 Å². The molecule has 1 aromatic carbocycles. The topological polar surface area (TPSA) is 75.6 Å². The summed E-state index contributed by atoms with van der Waals surface area (Å²) in [5.74, 6) is -1.77. The first-order valence-corrected chi connectivity index (χ1v) is 5.74. The summed E-state index contributed by atoms with van der Waals surface area (Å²) in [5, 5.41) is 11.5. The highest BCUT2D eigenvalue weighted by atomic mass is 19.1. The second-order valence-corrected chi connectivity index (χ2v) is 4.09. The maximum atomic E-state index is 13.0. The SMILES string of the molecule is COC(=O)[C@H](Cc1cccc(F)c1)NC(=O)[C@H](C)O. The average Bonchev–Trinajstić information content (AvgIpc) is 2.36. The molecule has 0 aliphatic rings. The highest BCUT2D eigenvalue weighted by Crippen LogP contribution is 2.07. The van der Waals surface area contributed by atoms with Crippen molar-refractivity contribution in [2.45, 2.75) is 25.5 Å². The van der Waals surface area contributed by atoms with Gasteiger partial charge in [-0.15, -0.1) is 0 Å². The minimum atomic E-state index is -1.24. The van der Waals surface area contributed by atoms with Crippen molar-refractivity contribution in [1.82, 2.24) is 5.32 Å². The van der Waals surface area contributed by atoms with Gasteiger partial charge in [0.15, 0.2) is 0 Å². The Hall–Kier alpha value is -1.95. The molecule has 0 saturated carbocycles. The summed E-state index contributed by atoms with van der Waals surface area (Å²) in [5.41, 5.74) is 0.543. The molecule has 0 radical (unpaired) electrons. The number of carbonyl (C=O) groups excluding carboxylic acids is 2. The fraction of sp³-hybridized carbons (Fsp3) is 0.385. The van der Waals surface area contributed by atoms with E-state index >= 15 is 0 Å². The number of hydrogen-bond acceptors (Lipinski definition) is 4. The Morgan fingerprint density at radius 3 is 2.68 bits per heavy atom. The Balaban J connectivity index is 2.80. The molecule has 0 aromatic heterocycles. The zero-order chi connectivity index (χ0) is 14.4. The molecule has 0 spiro atoms. The van der Waals surface area contributed by atoms with Gasteiger partial charge in [0, 0.05) is 6.42 Å². The number of hydrogen-bond donors (Lipinski definition) is 2. The highest BCUT2D eigenvalue weighted by Gasteiger charge is 2.23. The lowest BCUT2D eigenvalue weighted by Gasteiger charge is -2.17. The molecule has 0 heterocycles. The average molecular weight is 269 g/mol. The van der Waals surface area contributed by atoms with Crippen LogP contribution >= 0.6 is 0 Å². The molecule has 2 atom stereocenters. The lowest BCUT2D eigenvalue weighted by atomic mass is 10.1. The molecule has 1 rings (SSSR count). The number of halogens is 1. The monoisotopic (exact) mass is 269 g/mol. The first kappa shape index (κ1) is 15.1. The van der Waals surface area contributed by atoms with Crippen LogP contribution in [-0.2, 0) is 20.7 Å². The third-order valence-corrected chi connectivity index (χ3v) is 2.51. The fourth-order valence-electron chi connectivity index (χ4n) is 1.53. The van der Waals surface area contributed by atoms with E-state index in [1.54, 1.807) is 6.07 Å². The predicted molar refractivity (Wildman–Crippen MR) is 65.7 cm³/mol. The Kier molecular flexibility index (Phi) is 5.44. The summed E-state index contributed by atoms with van der Waals surface area (Å²) >= 11 is 0. The van der Waals surface area contributed by atoms with Gasteiger partial charge in [0.25, 0.3) is 0 Å². The zero-order valence-electron chi connectivity index (χ0n) is 10.7. The van der Waals surface area contributed by atoms with Gasteiger partial charge in [-0.3, -0.25) is 4.79 Å². The van der Waals surface area contributed by atoms with Crippen LogP contribution in [0, 0.1) is 5.82 Å². The van der Waals surface area contributed by atoms with Crippen molar-refractivity contribution in [3.63, 3.8) is 0 Å². The molecule has 0 aliphatic carbocycles. The van der Waals surface area contributed by atoms with Crippen LogP contribution in [0.4, 0.5) is 4.39 Å². The molecule has 0 fully saturated rings. The van der Waals surface area contributed by atoms with Crippen molar-refractivity contribution in [1.29, 1.82) is 0 Å². The van der Waals surface area contributed by atoms with Crippen molar-refractivity contribution < 1.29 is 23.8 Å². The smallest absolute Gasteiger partial charge is 0.328 e. The molecule has 1 amide bonds. The van der Waals surface area contributed by atoms with E-state index in [1.165, 1.54) is 32.2 Å². The first-order valence-electron chi connectivity index (χ1n) is 5.74. The second kappa shape index (κ2) is 6.84. The number of methoxy groups -OCH3 is 1. The van der Waals surface area contributed by atoms with E-state index in [-0.39, 0.29) is 6.42 Å². The molecular weight excluding hydrogens is 253 g/mol. The lowest BCUT2D eigenvalue weighted by molar-refractivity contribution is -0.146. The molecule has 0 bridgehead atoms. The van der Waals surface area contributed by atoms with E-state index in [0.29, 0.717) is 5.56 Å². The number of carbonyl (C=O) groups is 2. The van der Waals surface area contributed by atoms with Crippen LogP contribution in [0.1, 0.15) is 12.5 Å². The molecule has 0 unspecified atom stereocenters. The second-order valence-electron chi connectivity index (χ2n) is 4.09. The predicted octanol–water partition coefficient (Wildman–Crippen LogP) is 0.407. The van der Waals surface area contributed by atoms with E-state index in [0.717, 1.165) is 0 Å². The first-order chi connectivity index (χ1) is 8.93. The molecule has 5 nitrogen and oxygen atoms in total. The van der Waals surface area contributed by atoms with Crippen LogP contribution in [0.5, 0.6) is 0 Å².